The van der Waals surface area contributed by atoms with Crippen molar-refractivity contribution in [2.75, 3.05) is 11.1 Å². The molecule has 0 spiro atoms. The van der Waals surface area contributed by atoms with Gasteiger partial charge in [0.15, 0.2) is 0 Å². The number of hydrogen-bond donors (Lipinski definition) is 1. The van der Waals surface area contributed by atoms with Crippen LogP contribution in [0.4, 0.5) is 5.82 Å². The number of nitrogens with zero attached hydrogens (tertiary/aromatic N) is 2. The van der Waals surface area contributed by atoms with E-state index in [1.54, 1.807) is 11.8 Å². The zero-order valence-electron chi connectivity index (χ0n) is 14.0. The van der Waals surface area contributed by atoms with Gasteiger partial charge in [0, 0.05) is 5.56 Å². The number of carbonyl (C=O) groups is 1. The lowest BCUT2D eigenvalue weighted by Gasteiger charge is -2.15. The Morgan fingerprint density at radius 3 is 2.52 bits per heavy atom. The lowest BCUT2D eigenvalue weighted by atomic mass is 10.0. The van der Waals surface area contributed by atoms with E-state index in [1.165, 1.54) is 5.56 Å². The third-order valence-corrected chi connectivity index (χ3v) is 5.62. The molecule has 1 amide bonds. The Kier molecular flexibility index (Phi) is 4.32. The molecule has 0 saturated carbocycles. The first-order chi connectivity index (χ1) is 12.2. The number of aryl methyl sites for hydroxylation is 1. The molecule has 1 atom stereocenters. The maximum absolute atomic E-state index is 12.3. The molecule has 2 aromatic carbocycles. The quantitative estimate of drug-likeness (QED) is 0.777. The van der Waals surface area contributed by atoms with Gasteiger partial charge in [-0.2, -0.15) is 5.10 Å². The number of hydrogen-bond acceptors (Lipinski definition) is 3. The van der Waals surface area contributed by atoms with Crippen molar-refractivity contribution >= 4 is 23.5 Å². The van der Waals surface area contributed by atoms with Gasteiger partial charge >= 0.3 is 0 Å². The summed E-state index contributed by atoms with van der Waals surface area (Å²) in [5.41, 5.74) is 4.44. The molecule has 1 unspecified atom stereocenters. The van der Waals surface area contributed by atoms with Crippen LogP contribution in [0, 0.1) is 6.92 Å². The Labute approximate surface area is 151 Å². The van der Waals surface area contributed by atoms with Crippen molar-refractivity contribution in [3.8, 4) is 0 Å². The SMILES string of the molecule is Cc1nn(Cc2ccccc2)c2c1C(c1ccccc1)SCC(=O)N2. The largest absolute Gasteiger partial charge is 0.310 e. The van der Waals surface area contributed by atoms with Crippen LogP contribution in [0.25, 0.3) is 0 Å². The highest BCUT2D eigenvalue weighted by Crippen LogP contribution is 2.43. The fraction of sp³-hybridized carbons (Fsp3) is 0.200. The van der Waals surface area contributed by atoms with E-state index in [0.717, 1.165) is 22.6 Å². The first-order valence-electron chi connectivity index (χ1n) is 8.30. The normalized spacial score (nSPS) is 16.8. The number of anilines is 1. The first-order valence-corrected chi connectivity index (χ1v) is 9.35. The Bertz CT molecular complexity index is 890. The highest BCUT2D eigenvalue weighted by atomic mass is 32.2. The number of fused-ring (bicyclic) bond motifs is 1. The number of carbonyl (C=O) groups excluding carboxylic acids is 1. The van der Waals surface area contributed by atoms with Crippen molar-refractivity contribution in [2.45, 2.75) is 18.7 Å². The lowest BCUT2D eigenvalue weighted by molar-refractivity contribution is -0.113. The van der Waals surface area contributed by atoms with E-state index >= 15 is 0 Å². The molecule has 5 heteroatoms. The third-order valence-electron chi connectivity index (χ3n) is 4.35. The average molecular weight is 349 g/mol. The van der Waals surface area contributed by atoms with Crippen molar-refractivity contribution in [1.82, 2.24) is 9.78 Å². The van der Waals surface area contributed by atoms with Gasteiger partial charge in [0.05, 0.1) is 23.2 Å². The number of amides is 1. The molecule has 126 valence electrons. The summed E-state index contributed by atoms with van der Waals surface area (Å²) in [7, 11) is 0. The summed E-state index contributed by atoms with van der Waals surface area (Å²) in [5.74, 6) is 1.29. The highest BCUT2D eigenvalue weighted by Gasteiger charge is 2.29. The smallest absolute Gasteiger partial charge is 0.235 e. The molecule has 1 aromatic heterocycles. The maximum atomic E-state index is 12.3. The van der Waals surface area contributed by atoms with E-state index in [2.05, 4.69) is 29.6 Å². The molecule has 0 radical (unpaired) electrons. The zero-order valence-corrected chi connectivity index (χ0v) is 14.8. The van der Waals surface area contributed by atoms with Gasteiger partial charge < -0.3 is 5.32 Å². The summed E-state index contributed by atoms with van der Waals surface area (Å²) in [6.45, 7) is 2.66. The molecule has 1 N–H and O–H groups in total. The van der Waals surface area contributed by atoms with Crippen molar-refractivity contribution < 1.29 is 4.79 Å². The fourth-order valence-electron chi connectivity index (χ4n) is 3.21. The van der Waals surface area contributed by atoms with Crippen LogP contribution in [0.5, 0.6) is 0 Å². The van der Waals surface area contributed by atoms with Crippen molar-refractivity contribution in [3.63, 3.8) is 0 Å². The molecular weight excluding hydrogens is 330 g/mol. The van der Waals surface area contributed by atoms with Crippen LogP contribution in [-0.2, 0) is 11.3 Å². The summed E-state index contributed by atoms with van der Waals surface area (Å²) < 4.78 is 1.92. The molecule has 4 nitrogen and oxygen atoms in total. The van der Waals surface area contributed by atoms with E-state index in [0.29, 0.717) is 12.3 Å². The molecule has 0 aliphatic carbocycles. The molecule has 25 heavy (non-hydrogen) atoms. The number of aromatic nitrogens is 2. The topological polar surface area (TPSA) is 46.9 Å². The Balaban J connectivity index is 1.79. The van der Waals surface area contributed by atoms with E-state index in [1.807, 2.05) is 48.0 Å². The van der Waals surface area contributed by atoms with Gasteiger partial charge in [-0.15, -0.1) is 11.8 Å². The maximum Gasteiger partial charge on any atom is 0.235 e. The van der Waals surface area contributed by atoms with Gasteiger partial charge in [-0.05, 0) is 18.1 Å². The predicted molar refractivity (Wildman–Crippen MR) is 102 cm³/mol. The molecular formula is C20H19N3OS. The summed E-state index contributed by atoms with van der Waals surface area (Å²) in [4.78, 5) is 12.3. The van der Waals surface area contributed by atoms with E-state index in [9.17, 15) is 4.79 Å². The summed E-state index contributed by atoms with van der Waals surface area (Å²) >= 11 is 1.66. The van der Waals surface area contributed by atoms with Crippen LogP contribution < -0.4 is 5.32 Å². The predicted octanol–water partition coefficient (Wildman–Crippen LogP) is 4.01. The molecule has 0 saturated heterocycles. The molecule has 0 fully saturated rings. The molecule has 0 bridgehead atoms. The van der Waals surface area contributed by atoms with Crippen LogP contribution in [0.3, 0.4) is 0 Å². The summed E-state index contributed by atoms with van der Waals surface area (Å²) in [6, 6.07) is 20.5. The molecule has 4 rings (SSSR count). The second-order valence-electron chi connectivity index (χ2n) is 6.14. The Morgan fingerprint density at radius 2 is 1.80 bits per heavy atom. The third kappa shape index (κ3) is 3.20. The van der Waals surface area contributed by atoms with Crippen LogP contribution in [0.15, 0.2) is 60.7 Å². The monoisotopic (exact) mass is 349 g/mol. The average Bonchev–Trinajstić information content (AvgIpc) is 2.82. The molecule has 2 heterocycles. The minimum Gasteiger partial charge on any atom is -0.310 e. The fourth-order valence-corrected chi connectivity index (χ4v) is 4.40. The van der Waals surface area contributed by atoms with E-state index < -0.39 is 0 Å². The second kappa shape index (κ2) is 6.76. The van der Waals surface area contributed by atoms with Gasteiger partial charge in [0.1, 0.15) is 5.82 Å². The Hall–Kier alpha value is -2.53. The zero-order chi connectivity index (χ0) is 17.2. The number of thioether (sulfide) groups is 1. The van der Waals surface area contributed by atoms with Crippen molar-refractivity contribution in [1.29, 1.82) is 0 Å². The van der Waals surface area contributed by atoms with Crippen LogP contribution >= 0.6 is 11.8 Å². The second-order valence-corrected chi connectivity index (χ2v) is 7.23. The van der Waals surface area contributed by atoms with Crippen LogP contribution in [0.2, 0.25) is 0 Å². The summed E-state index contributed by atoms with van der Waals surface area (Å²) in [5, 5.41) is 7.91. The van der Waals surface area contributed by atoms with Crippen molar-refractivity contribution in [3.05, 3.63) is 83.0 Å². The number of nitrogens with one attached hydrogen (secondary N) is 1. The van der Waals surface area contributed by atoms with Gasteiger partial charge in [0.2, 0.25) is 5.91 Å². The number of benzene rings is 2. The molecule has 1 aliphatic heterocycles. The van der Waals surface area contributed by atoms with E-state index in [-0.39, 0.29) is 11.2 Å². The highest BCUT2D eigenvalue weighted by molar-refractivity contribution is 8.00. The minimum absolute atomic E-state index is 0.0268. The van der Waals surface area contributed by atoms with Crippen LogP contribution in [-0.4, -0.2) is 21.4 Å². The van der Waals surface area contributed by atoms with Gasteiger partial charge in [-0.3, -0.25) is 4.79 Å². The van der Waals surface area contributed by atoms with Crippen molar-refractivity contribution in [2.24, 2.45) is 0 Å². The standard InChI is InChI=1S/C20H19N3OS/c1-14-18-19(16-10-6-3-7-11-16)25-13-17(24)21-20(18)23(22-14)12-15-8-4-2-5-9-15/h2-11,19H,12-13H2,1H3,(H,21,24). The lowest BCUT2D eigenvalue weighted by Crippen LogP contribution is -2.16. The number of rotatable bonds is 3. The first kappa shape index (κ1) is 16.0. The minimum atomic E-state index is 0.0268. The molecule has 1 aliphatic rings. The van der Waals surface area contributed by atoms with Crippen LogP contribution in [0.1, 0.15) is 27.6 Å². The van der Waals surface area contributed by atoms with Gasteiger partial charge in [-0.1, -0.05) is 60.7 Å². The van der Waals surface area contributed by atoms with Gasteiger partial charge in [-0.25, -0.2) is 4.68 Å². The van der Waals surface area contributed by atoms with Gasteiger partial charge in [0.25, 0.3) is 0 Å². The Morgan fingerprint density at radius 1 is 1.12 bits per heavy atom. The van der Waals surface area contributed by atoms with E-state index in [4.69, 9.17) is 5.10 Å². The summed E-state index contributed by atoms with van der Waals surface area (Å²) in [6.07, 6.45) is 0. The molecule has 3 aromatic rings.